The molecule has 9 nitrogen and oxygen atoms in total. The number of hydrogen-bond acceptors (Lipinski definition) is 6. The molecule has 4 rings (SSSR count). The third kappa shape index (κ3) is 4.51. The molecule has 11 heteroatoms. The van der Waals surface area contributed by atoms with Crippen LogP contribution in [0.5, 0.6) is 0 Å². The second-order valence-electron chi connectivity index (χ2n) is 7.53. The number of nitrogens with zero attached hydrogens (tertiary/aromatic N) is 3. The molecule has 2 aliphatic rings. The van der Waals surface area contributed by atoms with E-state index in [4.69, 9.17) is 11.6 Å². The molecule has 1 aliphatic carbocycles. The van der Waals surface area contributed by atoms with Crippen molar-refractivity contribution in [2.45, 2.75) is 23.8 Å². The molecule has 1 saturated heterocycles. The van der Waals surface area contributed by atoms with Gasteiger partial charge in [-0.05, 0) is 37.1 Å². The summed E-state index contributed by atoms with van der Waals surface area (Å²) in [6, 6.07) is 10.9. The highest BCUT2D eigenvalue weighted by atomic mass is 35.5. The normalized spacial score (nSPS) is 17.4. The fraction of sp³-hybridized carbons (Fsp3) is 0.350. The van der Waals surface area contributed by atoms with Crippen molar-refractivity contribution in [3.8, 4) is 0 Å². The van der Waals surface area contributed by atoms with Crippen LogP contribution >= 0.6 is 11.6 Å². The molecule has 2 aromatic rings. The lowest BCUT2D eigenvalue weighted by Crippen LogP contribution is -2.50. The Morgan fingerprint density at radius 1 is 1.10 bits per heavy atom. The summed E-state index contributed by atoms with van der Waals surface area (Å²) in [5, 5.41) is 14.7. The van der Waals surface area contributed by atoms with Gasteiger partial charge in [-0.15, -0.1) is 0 Å². The summed E-state index contributed by atoms with van der Waals surface area (Å²) in [4.78, 5) is 25.4. The Labute approximate surface area is 184 Å². The van der Waals surface area contributed by atoms with E-state index in [1.807, 2.05) is 0 Å². The van der Waals surface area contributed by atoms with Gasteiger partial charge in [-0.1, -0.05) is 23.7 Å². The Balaban J connectivity index is 1.46. The molecule has 1 amide bonds. The zero-order chi connectivity index (χ0) is 22.2. The predicted octanol–water partition coefficient (Wildman–Crippen LogP) is 2.97. The van der Waals surface area contributed by atoms with Crippen LogP contribution in [0.25, 0.3) is 0 Å². The van der Waals surface area contributed by atoms with E-state index >= 15 is 0 Å². The quantitative estimate of drug-likeness (QED) is 0.519. The number of carbonyl (C=O) groups is 1. The van der Waals surface area contributed by atoms with Crippen molar-refractivity contribution in [3.05, 3.63) is 63.2 Å². The number of rotatable bonds is 6. The summed E-state index contributed by atoms with van der Waals surface area (Å²) >= 11 is 6.05. The van der Waals surface area contributed by atoms with Crippen molar-refractivity contribution in [1.29, 1.82) is 0 Å². The first kappa shape index (κ1) is 21.5. The fourth-order valence-corrected chi connectivity index (χ4v) is 5.41. The van der Waals surface area contributed by atoms with E-state index in [0.29, 0.717) is 5.69 Å². The average Bonchev–Trinajstić information content (AvgIpc) is 3.57. The number of benzene rings is 2. The van der Waals surface area contributed by atoms with Crippen LogP contribution < -0.4 is 5.32 Å². The third-order valence-electron chi connectivity index (χ3n) is 5.36. The van der Waals surface area contributed by atoms with Gasteiger partial charge in [0.15, 0.2) is 0 Å². The van der Waals surface area contributed by atoms with E-state index in [1.165, 1.54) is 27.4 Å². The summed E-state index contributed by atoms with van der Waals surface area (Å²) < 4.78 is 27.0. The molecule has 0 atom stereocenters. The van der Waals surface area contributed by atoms with Gasteiger partial charge in [-0.25, -0.2) is 8.42 Å². The number of nitro benzene ring substituents is 1. The molecule has 0 radical (unpaired) electrons. The van der Waals surface area contributed by atoms with Gasteiger partial charge < -0.3 is 10.2 Å². The lowest BCUT2D eigenvalue weighted by Gasteiger charge is -2.34. The number of piperazine rings is 1. The maximum Gasteiger partial charge on any atom is 0.293 e. The largest absolute Gasteiger partial charge is 0.377 e. The molecule has 0 aromatic heterocycles. The van der Waals surface area contributed by atoms with Gasteiger partial charge in [0.25, 0.3) is 11.6 Å². The van der Waals surface area contributed by atoms with Gasteiger partial charge in [0.05, 0.1) is 9.95 Å². The molecule has 31 heavy (non-hydrogen) atoms. The van der Waals surface area contributed by atoms with Gasteiger partial charge in [-0.2, -0.15) is 4.31 Å². The molecule has 0 bridgehead atoms. The number of nitrogens with one attached hydrogen (secondary N) is 1. The molecule has 2 aromatic carbocycles. The van der Waals surface area contributed by atoms with Crippen molar-refractivity contribution in [2.75, 3.05) is 31.5 Å². The minimum Gasteiger partial charge on any atom is -0.377 e. The van der Waals surface area contributed by atoms with E-state index in [-0.39, 0.29) is 59.3 Å². The Morgan fingerprint density at radius 2 is 1.77 bits per heavy atom. The number of carbonyl (C=O) groups excluding carboxylic acids is 1. The molecule has 1 N–H and O–H groups in total. The van der Waals surface area contributed by atoms with Crippen molar-refractivity contribution >= 4 is 38.9 Å². The molecule has 2 fully saturated rings. The average molecular weight is 465 g/mol. The Bertz CT molecular complexity index is 1130. The lowest BCUT2D eigenvalue weighted by molar-refractivity contribution is -0.384. The predicted molar refractivity (Wildman–Crippen MR) is 116 cm³/mol. The van der Waals surface area contributed by atoms with E-state index in [9.17, 15) is 23.3 Å². The number of anilines is 1. The van der Waals surface area contributed by atoms with E-state index in [2.05, 4.69) is 5.32 Å². The highest BCUT2D eigenvalue weighted by Crippen LogP contribution is 2.32. The molecule has 164 valence electrons. The topological polar surface area (TPSA) is 113 Å². The Hall–Kier alpha value is -2.69. The second-order valence-corrected chi connectivity index (χ2v) is 9.85. The van der Waals surface area contributed by atoms with Gasteiger partial charge in [0, 0.05) is 43.9 Å². The first-order valence-electron chi connectivity index (χ1n) is 9.86. The third-order valence-corrected chi connectivity index (χ3v) is 7.76. The van der Waals surface area contributed by atoms with Crippen LogP contribution in [0.1, 0.15) is 23.2 Å². The first-order valence-corrected chi connectivity index (χ1v) is 11.7. The van der Waals surface area contributed by atoms with E-state index in [1.54, 1.807) is 24.3 Å². The molecule has 1 saturated carbocycles. The lowest BCUT2D eigenvalue weighted by atomic mass is 10.1. The van der Waals surface area contributed by atoms with Crippen molar-refractivity contribution in [2.24, 2.45) is 0 Å². The van der Waals surface area contributed by atoms with Crippen LogP contribution in [-0.2, 0) is 10.0 Å². The van der Waals surface area contributed by atoms with Gasteiger partial charge in [0.1, 0.15) is 10.6 Å². The number of nitro groups is 1. The van der Waals surface area contributed by atoms with Crippen LogP contribution in [-0.4, -0.2) is 60.7 Å². The molecule has 0 spiro atoms. The molecule has 1 aliphatic heterocycles. The smallest absolute Gasteiger partial charge is 0.293 e. The minimum absolute atomic E-state index is 0.0332. The van der Waals surface area contributed by atoms with Crippen LogP contribution in [0.3, 0.4) is 0 Å². The number of amides is 1. The monoisotopic (exact) mass is 464 g/mol. The van der Waals surface area contributed by atoms with E-state index < -0.39 is 14.9 Å². The maximum atomic E-state index is 12.9. The van der Waals surface area contributed by atoms with Gasteiger partial charge in [-0.3, -0.25) is 14.9 Å². The zero-order valence-corrected chi connectivity index (χ0v) is 18.1. The summed E-state index contributed by atoms with van der Waals surface area (Å²) in [7, 11) is -3.77. The Kier molecular flexibility index (Phi) is 5.87. The summed E-state index contributed by atoms with van der Waals surface area (Å²) in [5.41, 5.74) is 0.466. The fourth-order valence-electron chi connectivity index (χ4n) is 3.49. The second kappa shape index (κ2) is 8.45. The van der Waals surface area contributed by atoms with Crippen LogP contribution in [0.15, 0.2) is 47.4 Å². The maximum absolute atomic E-state index is 12.9. The van der Waals surface area contributed by atoms with Gasteiger partial charge in [0.2, 0.25) is 10.0 Å². The van der Waals surface area contributed by atoms with E-state index in [0.717, 1.165) is 12.8 Å². The number of hydrogen-bond donors (Lipinski definition) is 1. The molecule has 0 unspecified atom stereocenters. The van der Waals surface area contributed by atoms with Crippen molar-refractivity contribution in [1.82, 2.24) is 9.21 Å². The van der Waals surface area contributed by atoms with Crippen LogP contribution in [0.4, 0.5) is 11.4 Å². The minimum atomic E-state index is -3.77. The first-order chi connectivity index (χ1) is 14.8. The number of sulfonamides is 1. The highest BCUT2D eigenvalue weighted by Gasteiger charge is 2.32. The zero-order valence-electron chi connectivity index (χ0n) is 16.5. The van der Waals surface area contributed by atoms with Crippen molar-refractivity contribution in [3.63, 3.8) is 0 Å². The standard InChI is InChI=1S/C20H21ClN4O5S/c21-16-3-1-2-4-19(16)31(29,30)24-11-9-23(10-12-24)20(26)14-5-8-17(22-15-6-7-15)18(13-14)25(27)28/h1-5,8,13,15,22H,6-7,9-12H2. The molecular formula is C20H21ClN4O5S. The van der Waals surface area contributed by atoms with Crippen LogP contribution in [0.2, 0.25) is 5.02 Å². The summed E-state index contributed by atoms with van der Waals surface area (Å²) in [5.74, 6) is -0.365. The number of halogens is 1. The highest BCUT2D eigenvalue weighted by molar-refractivity contribution is 7.89. The molecule has 1 heterocycles. The van der Waals surface area contributed by atoms with Crippen LogP contribution in [0, 0.1) is 10.1 Å². The molecular weight excluding hydrogens is 444 g/mol. The summed E-state index contributed by atoms with van der Waals surface area (Å²) in [6.45, 7) is 0.586. The van der Waals surface area contributed by atoms with Gasteiger partial charge >= 0.3 is 0 Å². The Morgan fingerprint density at radius 3 is 2.39 bits per heavy atom. The SMILES string of the molecule is O=C(c1ccc(NC2CC2)c([N+](=O)[O-])c1)N1CCN(S(=O)(=O)c2ccccc2Cl)CC1. The summed E-state index contributed by atoms with van der Waals surface area (Å²) in [6.07, 6.45) is 1.94. The van der Waals surface area contributed by atoms with Crippen molar-refractivity contribution < 1.29 is 18.1 Å².